The van der Waals surface area contributed by atoms with Gasteiger partial charge in [0, 0.05) is 56.6 Å². The first-order valence-corrected chi connectivity index (χ1v) is 14.6. The van der Waals surface area contributed by atoms with E-state index in [1.807, 2.05) is 43.9 Å². The van der Waals surface area contributed by atoms with E-state index in [9.17, 15) is 33.0 Å². The van der Waals surface area contributed by atoms with E-state index in [4.69, 9.17) is 0 Å². The van der Waals surface area contributed by atoms with Crippen LogP contribution in [0.25, 0.3) is 0 Å². The lowest BCUT2D eigenvalue weighted by atomic mass is 9.91. The molecule has 3 rings (SSSR count). The molecule has 2 aromatic rings. The Morgan fingerprint density at radius 2 is 1.77 bits per heavy atom. The van der Waals surface area contributed by atoms with Gasteiger partial charge in [-0.25, -0.2) is 0 Å². The van der Waals surface area contributed by atoms with Gasteiger partial charge in [-0.1, -0.05) is 36.4 Å². The summed E-state index contributed by atoms with van der Waals surface area (Å²) in [6.45, 7) is 7.10. The molecule has 238 valence electrons. The Kier molecular flexibility index (Phi) is 12.5. The lowest BCUT2D eigenvalue weighted by molar-refractivity contribution is -0.146. The number of amides is 2. The van der Waals surface area contributed by atoms with E-state index < -0.39 is 54.8 Å². The molecule has 0 spiro atoms. The number of pyridine rings is 1. The molecular formula is C31H44F3N5O4. The second-order valence-electron chi connectivity index (χ2n) is 12.3. The summed E-state index contributed by atoms with van der Waals surface area (Å²) in [5, 5.41) is 26.0. The first-order chi connectivity index (χ1) is 20.2. The van der Waals surface area contributed by atoms with Gasteiger partial charge >= 0.3 is 6.18 Å². The van der Waals surface area contributed by atoms with Crippen LogP contribution in [0.5, 0.6) is 0 Å². The van der Waals surface area contributed by atoms with Gasteiger partial charge in [0.05, 0.1) is 25.2 Å². The molecule has 1 aromatic carbocycles. The lowest BCUT2D eigenvalue weighted by Crippen LogP contribution is -2.62. The van der Waals surface area contributed by atoms with Crippen molar-refractivity contribution in [3.8, 4) is 0 Å². The summed E-state index contributed by atoms with van der Waals surface area (Å²) in [5.74, 6) is -1.70. The van der Waals surface area contributed by atoms with Crippen LogP contribution in [0.4, 0.5) is 13.2 Å². The number of aromatic nitrogens is 1. The number of aliphatic hydroxyl groups excluding tert-OH is 2. The third-order valence-electron chi connectivity index (χ3n) is 7.25. The number of rotatable bonds is 13. The standard InChI is InChI=1S/C31H44F3N5O4/c1-30(2,3)37-29(43)27-20-38(18-23-10-7-11-35-17-23)12-13-39(27)19-26(41)15-24(14-22-8-5-4-6-9-22)28(42)36-25(21-40)16-31(32,33)34/h4-11,17,24-27,40-41H,12-16,18-21H2,1-3H3,(H,36,42)(H,37,43)/t24-,25?,26+,27+/m1/s1. The summed E-state index contributed by atoms with van der Waals surface area (Å²) in [7, 11) is 0. The zero-order valence-electron chi connectivity index (χ0n) is 25.1. The zero-order chi connectivity index (χ0) is 31.6. The largest absolute Gasteiger partial charge is 0.394 e. The van der Waals surface area contributed by atoms with Crippen molar-refractivity contribution in [3.05, 3.63) is 66.0 Å². The van der Waals surface area contributed by atoms with Crippen LogP contribution in [0, 0.1) is 5.92 Å². The quantitative estimate of drug-likeness (QED) is 0.277. The van der Waals surface area contributed by atoms with Gasteiger partial charge in [0.2, 0.25) is 11.8 Å². The van der Waals surface area contributed by atoms with Crippen LogP contribution in [0.15, 0.2) is 54.9 Å². The van der Waals surface area contributed by atoms with Crippen molar-refractivity contribution in [2.75, 3.05) is 32.8 Å². The smallest absolute Gasteiger partial charge is 0.391 e. The topological polar surface area (TPSA) is 118 Å². The van der Waals surface area contributed by atoms with E-state index in [1.165, 1.54) is 0 Å². The number of nitrogens with one attached hydrogen (secondary N) is 2. The van der Waals surface area contributed by atoms with E-state index in [-0.39, 0.29) is 25.3 Å². The normalized spacial score (nSPS) is 18.9. The van der Waals surface area contributed by atoms with Gasteiger partial charge in [0.15, 0.2) is 0 Å². The van der Waals surface area contributed by atoms with E-state index in [0.717, 1.165) is 11.1 Å². The molecule has 0 bridgehead atoms. The van der Waals surface area contributed by atoms with Crippen LogP contribution in [0.3, 0.4) is 0 Å². The number of hydrogen-bond donors (Lipinski definition) is 4. The Labute approximate surface area is 251 Å². The molecule has 43 heavy (non-hydrogen) atoms. The molecule has 0 saturated carbocycles. The van der Waals surface area contributed by atoms with Gasteiger partial charge in [0.1, 0.15) is 6.04 Å². The molecule has 2 heterocycles. The van der Waals surface area contributed by atoms with Crippen LogP contribution >= 0.6 is 0 Å². The maximum absolute atomic E-state index is 13.4. The molecule has 1 unspecified atom stereocenters. The fourth-order valence-corrected chi connectivity index (χ4v) is 5.31. The van der Waals surface area contributed by atoms with E-state index in [2.05, 4.69) is 20.5 Å². The van der Waals surface area contributed by atoms with Gasteiger partial charge in [-0.2, -0.15) is 13.2 Å². The molecule has 0 radical (unpaired) electrons. The first kappa shape index (κ1) is 34.4. The molecule has 1 saturated heterocycles. The molecular weight excluding hydrogens is 563 g/mol. The summed E-state index contributed by atoms with van der Waals surface area (Å²) >= 11 is 0. The number of nitrogens with zero attached hydrogens (tertiary/aromatic N) is 3. The number of piperazine rings is 1. The average molecular weight is 608 g/mol. The Bertz CT molecular complexity index is 1150. The molecule has 1 fully saturated rings. The molecule has 4 N–H and O–H groups in total. The number of aliphatic hydroxyl groups is 2. The summed E-state index contributed by atoms with van der Waals surface area (Å²) in [6.07, 6.45) is -3.30. The van der Waals surface area contributed by atoms with Crippen LogP contribution in [0.1, 0.15) is 44.7 Å². The van der Waals surface area contributed by atoms with E-state index in [0.29, 0.717) is 26.2 Å². The number of hydrogen-bond acceptors (Lipinski definition) is 7. The average Bonchev–Trinajstić information content (AvgIpc) is 2.92. The Morgan fingerprint density at radius 1 is 1.07 bits per heavy atom. The van der Waals surface area contributed by atoms with Gasteiger partial charge < -0.3 is 20.8 Å². The molecule has 0 aliphatic carbocycles. The molecule has 1 aliphatic rings. The van der Waals surface area contributed by atoms with Crippen LogP contribution in [-0.2, 0) is 22.6 Å². The number of alkyl halides is 3. The molecule has 9 nitrogen and oxygen atoms in total. The summed E-state index contributed by atoms with van der Waals surface area (Å²) in [6, 6.07) is 10.8. The lowest BCUT2D eigenvalue weighted by Gasteiger charge is -2.42. The van der Waals surface area contributed by atoms with E-state index in [1.54, 1.807) is 36.7 Å². The van der Waals surface area contributed by atoms with Crippen LogP contribution in [0.2, 0.25) is 0 Å². The third kappa shape index (κ3) is 12.2. The summed E-state index contributed by atoms with van der Waals surface area (Å²) in [5.41, 5.74) is 1.34. The van der Waals surface area contributed by atoms with Crippen molar-refractivity contribution < 1.29 is 33.0 Å². The van der Waals surface area contributed by atoms with Crippen molar-refractivity contribution in [2.24, 2.45) is 5.92 Å². The first-order valence-electron chi connectivity index (χ1n) is 14.6. The van der Waals surface area contributed by atoms with Crippen molar-refractivity contribution >= 4 is 11.8 Å². The van der Waals surface area contributed by atoms with Crippen molar-refractivity contribution in [1.29, 1.82) is 0 Å². The summed E-state index contributed by atoms with van der Waals surface area (Å²) in [4.78, 5) is 34.8. The Morgan fingerprint density at radius 3 is 2.37 bits per heavy atom. The second kappa shape index (κ2) is 15.6. The minimum absolute atomic E-state index is 0.0333. The minimum Gasteiger partial charge on any atom is -0.394 e. The minimum atomic E-state index is -4.56. The van der Waals surface area contributed by atoms with Gasteiger partial charge in [0.25, 0.3) is 0 Å². The summed E-state index contributed by atoms with van der Waals surface area (Å²) < 4.78 is 38.9. The van der Waals surface area contributed by atoms with Gasteiger partial charge in [-0.15, -0.1) is 0 Å². The molecule has 1 aromatic heterocycles. The highest BCUT2D eigenvalue weighted by Crippen LogP contribution is 2.23. The maximum Gasteiger partial charge on any atom is 0.391 e. The fourth-order valence-electron chi connectivity index (χ4n) is 5.31. The maximum atomic E-state index is 13.4. The van der Waals surface area contributed by atoms with Crippen molar-refractivity contribution in [1.82, 2.24) is 25.4 Å². The molecule has 2 amide bonds. The SMILES string of the molecule is CC(C)(C)NC(=O)[C@@H]1CN(Cc2cccnc2)CCN1C[C@@H](O)C[C@@H](Cc1ccccc1)C(=O)NC(CO)CC(F)(F)F. The zero-order valence-corrected chi connectivity index (χ0v) is 25.1. The molecule has 1 aliphatic heterocycles. The number of halogens is 3. The van der Waals surface area contributed by atoms with Crippen LogP contribution in [-0.4, -0.2) is 99.5 Å². The monoisotopic (exact) mass is 607 g/mol. The highest BCUT2D eigenvalue weighted by molar-refractivity contribution is 5.83. The number of carbonyl (C=O) groups is 2. The number of β-amino-alcohol motifs (C(OH)–C–C–N with tert-alkyl or cyclic N) is 1. The Hall–Kier alpha value is -3.06. The highest BCUT2D eigenvalue weighted by Gasteiger charge is 2.37. The molecule has 12 heteroatoms. The van der Waals surface area contributed by atoms with Crippen molar-refractivity contribution in [3.63, 3.8) is 0 Å². The fraction of sp³-hybridized carbons (Fsp3) is 0.581. The van der Waals surface area contributed by atoms with Crippen LogP contribution < -0.4 is 10.6 Å². The predicted molar refractivity (Wildman–Crippen MR) is 157 cm³/mol. The Balaban J connectivity index is 1.73. The van der Waals surface area contributed by atoms with Crippen molar-refractivity contribution in [2.45, 2.75) is 76.5 Å². The third-order valence-corrected chi connectivity index (χ3v) is 7.25. The number of benzene rings is 1. The predicted octanol–water partition coefficient (Wildman–Crippen LogP) is 2.52. The van der Waals surface area contributed by atoms with Gasteiger partial charge in [-0.05, 0) is 50.8 Å². The van der Waals surface area contributed by atoms with E-state index >= 15 is 0 Å². The second-order valence-corrected chi connectivity index (χ2v) is 12.3. The molecule has 4 atom stereocenters. The number of carbonyl (C=O) groups excluding carboxylic acids is 2. The van der Waals surface area contributed by atoms with Gasteiger partial charge in [-0.3, -0.25) is 24.4 Å². The highest BCUT2D eigenvalue weighted by atomic mass is 19.4.